The maximum Gasteiger partial charge on any atom is 0.273 e. The molecule has 2 aromatic rings. The zero-order valence-corrected chi connectivity index (χ0v) is 18.0. The summed E-state index contributed by atoms with van der Waals surface area (Å²) in [5.74, 6) is 0. The summed E-state index contributed by atoms with van der Waals surface area (Å²) in [5.41, 5.74) is 0.374. The average molecular weight is 443 g/mol. The summed E-state index contributed by atoms with van der Waals surface area (Å²) in [7, 11) is -5.28. The molecule has 0 saturated heterocycles. The Morgan fingerprint density at radius 1 is 1.00 bits per heavy atom. The van der Waals surface area contributed by atoms with Gasteiger partial charge in [-0.2, -0.15) is 0 Å². The maximum atomic E-state index is 12.8. The summed E-state index contributed by atoms with van der Waals surface area (Å²) in [6.07, 6.45) is 0. The van der Waals surface area contributed by atoms with Crippen LogP contribution in [0.2, 0.25) is 0 Å². The molecular weight excluding hydrogens is 420 g/mol. The van der Waals surface area contributed by atoms with E-state index in [1.807, 2.05) is 0 Å². The minimum atomic E-state index is -4.21. The van der Waals surface area contributed by atoms with Crippen molar-refractivity contribution in [1.29, 1.82) is 0 Å². The van der Waals surface area contributed by atoms with Gasteiger partial charge in [0.25, 0.3) is 15.7 Å². The second-order valence-electron chi connectivity index (χ2n) is 6.34. The van der Waals surface area contributed by atoms with E-state index >= 15 is 0 Å². The molecule has 10 nitrogen and oxygen atoms in total. The van der Waals surface area contributed by atoms with Crippen LogP contribution >= 0.6 is 0 Å². The van der Waals surface area contributed by atoms with Crippen LogP contribution < -0.4 is 10.0 Å². The smallest absolute Gasteiger partial charge is 0.273 e. The van der Waals surface area contributed by atoms with Crippen molar-refractivity contribution >= 4 is 37.1 Å². The lowest BCUT2D eigenvalue weighted by Gasteiger charge is -2.17. The highest BCUT2D eigenvalue weighted by Crippen LogP contribution is 2.30. The van der Waals surface area contributed by atoms with E-state index in [0.717, 1.165) is 10.4 Å². The minimum Gasteiger partial charge on any atom is -0.384 e. The van der Waals surface area contributed by atoms with Crippen LogP contribution in [0.1, 0.15) is 12.5 Å². The molecular formula is C17H22N4O6S2. The molecule has 0 aliphatic rings. The molecule has 29 heavy (non-hydrogen) atoms. The molecule has 0 aliphatic carbocycles. The number of anilines is 2. The lowest BCUT2D eigenvalue weighted by molar-refractivity contribution is -0.385. The summed E-state index contributed by atoms with van der Waals surface area (Å²) in [6.45, 7) is 3.76. The van der Waals surface area contributed by atoms with E-state index < -0.39 is 25.0 Å². The molecule has 2 rings (SSSR count). The van der Waals surface area contributed by atoms with E-state index in [1.54, 1.807) is 6.92 Å². The van der Waals surface area contributed by atoms with Crippen LogP contribution in [0.15, 0.2) is 46.2 Å². The van der Waals surface area contributed by atoms with Gasteiger partial charge in [0.2, 0.25) is 10.0 Å². The number of nitro groups is 1. The third-order valence-electron chi connectivity index (χ3n) is 4.07. The minimum absolute atomic E-state index is 0.0120. The summed E-state index contributed by atoms with van der Waals surface area (Å²) >= 11 is 0. The molecule has 0 bridgehead atoms. The van der Waals surface area contributed by atoms with Gasteiger partial charge in [-0.1, -0.05) is 6.07 Å². The van der Waals surface area contributed by atoms with Gasteiger partial charge in [-0.3, -0.25) is 14.8 Å². The zero-order valence-electron chi connectivity index (χ0n) is 16.3. The van der Waals surface area contributed by atoms with Crippen LogP contribution in [-0.4, -0.2) is 46.7 Å². The maximum absolute atomic E-state index is 12.8. The van der Waals surface area contributed by atoms with E-state index in [-0.39, 0.29) is 21.2 Å². The predicted octanol–water partition coefficient (Wildman–Crippen LogP) is 2.39. The molecule has 0 unspecified atom stereocenters. The molecule has 2 aromatic carbocycles. The van der Waals surface area contributed by atoms with Crippen LogP contribution in [0.3, 0.4) is 0 Å². The van der Waals surface area contributed by atoms with Gasteiger partial charge in [-0.25, -0.2) is 21.1 Å². The fourth-order valence-electron chi connectivity index (χ4n) is 2.48. The number of hydrogen-bond acceptors (Lipinski definition) is 7. The molecule has 0 aromatic heterocycles. The molecule has 0 aliphatic heterocycles. The Balaban J connectivity index is 2.56. The highest BCUT2D eigenvalue weighted by molar-refractivity contribution is 7.92. The number of hydrogen-bond donors (Lipinski definition) is 2. The Bertz CT molecular complexity index is 1140. The number of nitrogens with one attached hydrogen (secondary N) is 2. The number of aryl methyl sites for hydroxylation is 1. The van der Waals surface area contributed by atoms with E-state index in [1.165, 1.54) is 51.4 Å². The largest absolute Gasteiger partial charge is 0.384 e. The van der Waals surface area contributed by atoms with Gasteiger partial charge in [-0.05, 0) is 38.1 Å². The van der Waals surface area contributed by atoms with Crippen molar-refractivity contribution in [2.24, 2.45) is 0 Å². The average Bonchev–Trinajstić information content (AvgIpc) is 2.62. The summed E-state index contributed by atoms with van der Waals surface area (Å²) in [5, 5.41) is 14.1. The molecule has 0 heterocycles. The normalized spacial score (nSPS) is 12.0. The van der Waals surface area contributed by atoms with Crippen molar-refractivity contribution in [2.75, 3.05) is 30.7 Å². The van der Waals surface area contributed by atoms with Crippen molar-refractivity contribution in [3.05, 3.63) is 52.1 Å². The van der Waals surface area contributed by atoms with Crippen LogP contribution in [0, 0.1) is 17.0 Å². The first-order chi connectivity index (χ1) is 13.4. The van der Waals surface area contributed by atoms with E-state index in [0.29, 0.717) is 17.8 Å². The second-order valence-corrected chi connectivity index (χ2v) is 10.2. The molecule has 2 N–H and O–H groups in total. The monoisotopic (exact) mass is 442 g/mol. The van der Waals surface area contributed by atoms with Gasteiger partial charge < -0.3 is 5.32 Å². The molecule has 0 spiro atoms. The Hall–Kier alpha value is -2.70. The number of nitro benzene ring substituents is 1. The van der Waals surface area contributed by atoms with Gasteiger partial charge in [0.1, 0.15) is 0 Å². The second kappa shape index (κ2) is 8.35. The molecule has 0 atom stereocenters. The molecule has 0 fully saturated rings. The van der Waals surface area contributed by atoms with Gasteiger partial charge in [-0.15, -0.1) is 0 Å². The van der Waals surface area contributed by atoms with E-state index in [9.17, 15) is 26.9 Å². The highest BCUT2D eigenvalue weighted by atomic mass is 32.2. The molecule has 0 radical (unpaired) electrons. The highest BCUT2D eigenvalue weighted by Gasteiger charge is 2.23. The first-order valence-electron chi connectivity index (χ1n) is 8.48. The van der Waals surface area contributed by atoms with Crippen molar-refractivity contribution in [2.45, 2.75) is 23.6 Å². The molecule has 0 saturated carbocycles. The number of nitrogens with zero attached hydrogens (tertiary/aromatic N) is 2. The fourth-order valence-corrected chi connectivity index (χ4v) is 4.50. The van der Waals surface area contributed by atoms with E-state index in [4.69, 9.17) is 0 Å². The molecule has 12 heteroatoms. The van der Waals surface area contributed by atoms with Crippen LogP contribution in [0.5, 0.6) is 0 Å². The predicted molar refractivity (Wildman–Crippen MR) is 110 cm³/mol. The Labute approximate surface area is 169 Å². The quantitative estimate of drug-likeness (QED) is 0.473. The van der Waals surface area contributed by atoms with Crippen molar-refractivity contribution in [3.63, 3.8) is 0 Å². The summed E-state index contributed by atoms with van der Waals surface area (Å²) < 4.78 is 53.8. The number of sulfonamides is 2. The SMILES string of the molecule is CCNc1ccc(S(=O)(=O)N(C)C)cc1NS(=O)(=O)c1ccc(C)c([N+](=O)[O-])c1. The van der Waals surface area contributed by atoms with Crippen LogP contribution in [0.4, 0.5) is 17.1 Å². The first kappa shape index (κ1) is 22.6. The van der Waals surface area contributed by atoms with Gasteiger partial charge in [0.05, 0.1) is 26.1 Å². The van der Waals surface area contributed by atoms with Crippen LogP contribution in [0.25, 0.3) is 0 Å². The van der Waals surface area contributed by atoms with Crippen molar-refractivity contribution in [1.82, 2.24) is 4.31 Å². The van der Waals surface area contributed by atoms with Gasteiger partial charge in [0, 0.05) is 32.3 Å². The van der Waals surface area contributed by atoms with Gasteiger partial charge in [0.15, 0.2) is 0 Å². The van der Waals surface area contributed by atoms with Gasteiger partial charge >= 0.3 is 0 Å². The lowest BCUT2D eigenvalue weighted by atomic mass is 10.2. The fraction of sp³-hybridized carbons (Fsp3) is 0.294. The topological polar surface area (TPSA) is 139 Å². The number of rotatable bonds is 8. The number of benzene rings is 2. The first-order valence-corrected chi connectivity index (χ1v) is 11.4. The Morgan fingerprint density at radius 3 is 2.17 bits per heavy atom. The molecule has 158 valence electrons. The van der Waals surface area contributed by atoms with Crippen LogP contribution in [-0.2, 0) is 20.0 Å². The summed E-state index contributed by atoms with van der Waals surface area (Å²) in [6, 6.07) is 7.57. The standard InChI is InChI=1S/C17H22N4O6S2/c1-5-18-15-9-8-14(29(26,27)20(3)4)10-16(15)19-28(24,25)13-7-6-12(2)17(11-13)21(22)23/h6-11,18-19H,5H2,1-4H3. The third kappa shape index (κ3) is 4.83. The zero-order chi connectivity index (χ0) is 22.0. The summed E-state index contributed by atoms with van der Waals surface area (Å²) in [4.78, 5) is 10.1. The van der Waals surface area contributed by atoms with E-state index in [2.05, 4.69) is 10.0 Å². The Morgan fingerprint density at radius 2 is 1.62 bits per heavy atom. The Kier molecular flexibility index (Phi) is 6.50. The lowest BCUT2D eigenvalue weighted by Crippen LogP contribution is -2.22. The third-order valence-corrected chi connectivity index (χ3v) is 7.24. The van der Waals surface area contributed by atoms with Crippen molar-refractivity contribution in [3.8, 4) is 0 Å². The van der Waals surface area contributed by atoms with Crippen molar-refractivity contribution < 1.29 is 21.8 Å². The molecule has 0 amide bonds.